The number of hydrogen-bond donors (Lipinski definition) is 1. The van der Waals surface area contributed by atoms with Crippen LogP contribution in [0.25, 0.3) is 0 Å². The average molecular weight is 322 g/mol. The summed E-state index contributed by atoms with van der Waals surface area (Å²) < 4.78 is 22.8. The van der Waals surface area contributed by atoms with Crippen molar-refractivity contribution in [1.82, 2.24) is 0 Å². The van der Waals surface area contributed by atoms with Crippen molar-refractivity contribution in [3.63, 3.8) is 0 Å². The number of benzene rings is 1. The molecule has 0 amide bonds. The van der Waals surface area contributed by atoms with Crippen LogP contribution in [0.4, 0.5) is 0 Å². The van der Waals surface area contributed by atoms with Gasteiger partial charge < -0.3 is 5.73 Å². The van der Waals surface area contributed by atoms with Gasteiger partial charge in [-0.3, -0.25) is 0 Å². The lowest BCUT2D eigenvalue weighted by Gasteiger charge is -2.15. The fraction of sp³-hybridized carbons (Fsp3) is 0.538. The molecule has 1 aromatic rings. The summed E-state index contributed by atoms with van der Waals surface area (Å²) in [4.78, 5) is 0. The summed E-state index contributed by atoms with van der Waals surface area (Å²) in [6, 6.07) is 5.43. The second-order valence-corrected chi connectivity index (χ2v) is 8.26. The minimum absolute atomic E-state index is 0.0458. The Labute approximate surface area is 124 Å². The van der Waals surface area contributed by atoms with E-state index in [1.165, 1.54) is 0 Å². The highest BCUT2D eigenvalue weighted by atomic mass is 35.5. The van der Waals surface area contributed by atoms with Gasteiger partial charge in [0.2, 0.25) is 0 Å². The number of rotatable bonds is 4. The van der Waals surface area contributed by atoms with Crippen molar-refractivity contribution < 1.29 is 8.42 Å². The Morgan fingerprint density at radius 2 is 2.05 bits per heavy atom. The third kappa shape index (κ3) is 4.35. The standard InChI is InChI=1S/C13H17Cl2NO2S/c14-12-2-1-9(7-13(12)15)5-11(16)6-10-3-4-19(17,18)8-10/h1-2,7,10-11H,3-6,8,16H2. The van der Waals surface area contributed by atoms with Crippen LogP contribution in [0.2, 0.25) is 10.0 Å². The minimum atomic E-state index is -2.82. The lowest BCUT2D eigenvalue weighted by Crippen LogP contribution is -2.26. The van der Waals surface area contributed by atoms with Crippen LogP contribution in [0.15, 0.2) is 18.2 Å². The summed E-state index contributed by atoms with van der Waals surface area (Å²) in [6.45, 7) is 0. The van der Waals surface area contributed by atoms with E-state index >= 15 is 0 Å². The zero-order chi connectivity index (χ0) is 14.0. The first-order chi connectivity index (χ1) is 8.85. The van der Waals surface area contributed by atoms with Crippen LogP contribution in [-0.2, 0) is 16.3 Å². The molecule has 1 saturated heterocycles. The summed E-state index contributed by atoms with van der Waals surface area (Å²) in [6.07, 6.45) is 2.16. The minimum Gasteiger partial charge on any atom is -0.327 e. The van der Waals surface area contributed by atoms with Crippen LogP contribution < -0.4 is 5.73 Å². The molecule has 0 saturated carbocycles. The fourth-order valence-corrected chi connectivity index (χ4v) is 4.74. The van der Waals surface area contributed by atoms with Gasteiger partial charge in [0, 0.05) is 6.04 Å². The second-order valence-electron chi connectivity index (χ2n) is 5.22. The smallest absolute Gasteiger partial charge is 0.150 e. The van der Waals surface area contributed by atoms with E-state index in [2.05, 4.69) is 0 Å². The summed E-state index contributed by atoms with van der Waals surface area (Å²) >= 11 is 11.8. The zero-order valence-electron chi connectivity index (χ0n) is 10.5. The van der Waals surface area contributed by atoms with Gasteiger partial charge in [-0.05, 0) is 42.9 Å². The van der Waals surface area contributed by atoms with Gasteiger partial charge in [0.05, 0.1) is 21.6 Å². The van der Waals surface area contributed by atoms with Crippen molar-refractivity contribution >= 4 is 33.0 Å². The maximum absolute atomic E-state index is 11.4. The first-order valence-electron chi connectivity index (χ1n) is 6.25. The van der Waals surface area contributed by atoms with Crippen LogP contribution >= 0.6 is 23.2 Å². The second kappa shape index (κ2) is 6.00. The lowest BCUT2D eigenvalue weighted by atomic mass is 9.95. The molecule has 2 atom stereocenters. The van der Waals surface area contributed by atoms with E-state index in [1.807, 2.05) is 12.1 Å². The lowest BCUT2D eigenvalue weighted by molar-refractivity contribution is 0.468. The first kappa shape index (κ1) is 15.1. The molecule has 2 unspecified atom stereocenters. The molecule has 1 aliphatic heterocycles. The Hall–Kier alpha value is -0.290. The van der Waals surface area contributed by atoms with Crippen LogP contribution in [0, 0.1) is 5.92 Å². The van der Waals surface area contributed by atoms with Gasteiger partial charge in [-0.2, -0.15) is 0 Å². The zero-order valence-corrected chi connectivity index (χ0v) is 12.8. The van der Waals surface area contributed by atoms with E-state index in [9.17, 15) is 8.42 Å². The Morgan fingerprint density at radius 1 is 1.32 bits per heavy atom. The molecular formula is C13H17Cl2NO2S. The molecule has 0 aliphatic carbocycles. The number of nitrogens with two attached hydrogens (primary N) is 1. The van der Waals surface area contributed by atoms with Gasteiger partial charge in [-0.15, -0.1) is 0 Å². The largest absolute Gasteiger partial charge is 0.327 e. The average Bonchev–Trinajstić information content (AvgIpc) is 2.63. The van der Waals surface area contributed by atoms with Crippen molar-refractivity contribution in [3.05, 3.63) is 33.8 Å². The highest BCUT2D eigenvalue weighted by Crippen LogP contribution is 2.26. The topological polar surface area (TPSA) is 60.2 Å². The first-order valence-corrected chi connectivity index (χ1v) is 8.83. The van der Waals surface area contributed by atoms with Gasteiger partial charge in [0.1, 0.15) is 0 Å². The SMILES string of the molecule is NC(Cc1ccc(Cl)c(Cl)c1)CC1CCS(=O)(=O)C1. The van der Waals surface area contributed by atoms with Crippen LogP contribution in [0.3, 0.4) is 0 Å². The number of sulfone groups is 1. The molecule has 1 fully saturated rings. The molecule has 1 aliphatic rings. The molecule has 0 bridgehead atoms. The molecule has 1 heterocycles. The molecular weight excluding hydrogens is 305 g/mol. The third-order valence-electron chi connectivity index (χ3n) is 3.44. The molecule has 6 heteroatoms. The summed E-state index contributed by atoms with van der Waals surface area (Å²) in [7, 11) is -2.82. The highest BCUT2D eigenvalue weighted by molar-refractivity contribution is 7.91. The fourth-order valence-electron chi connectivity index (χ4n) is 2.54. The third-order valence-corrected chi connectivity index (χ3v) is 6.02. The predicted octanol–water partition coefficient (Wildman–Crippen LogP) is 2.69. The molecule has 0 aromatic heterocycles. The van der Waals surface area contributed by atoms with Crippen molar-refractivity contribution in [2.75, 3.05) is 11.5 Å². The molecule has 2 rings (SSSR count). The van der Waals surface area contributed by atoms with Crippen molar-refractivity contribution in [3.8, 4) is 0 Å². The molecule has 0 spiro atoms. The quantitative estimate of drug-likeness (QED) is 0.927. The van der Waals surface area contributed by atoms with Crippen molar-refractivity contribution in [1.29, 1.82) is 0 Å². The maximum Gasteiger partial charge on any atom is 0.150 e. The van der Waals surface area contributed by atoms with E-state index < -0.39 is 9.84 Å². The summed E-state index contributed by atoms with van der Waals surface area (Å²) in [5, 5.41) is 1.05. The van der Waals surface area contributed by atoms with Crippen molar-refractivity contribution in [2.45, 2.75) is 25.3 Å². The Bertz CT molecular complexity index is 560. The molecule has 2 N–H and O–H groups in total. The Balaban J connectivity index is 1.91. The molecule has 19 heavy (non-hydrogen) atoms. The maximum atomic E-state index is 11.4. The van der Waals surface area contributed by atoms with Crippen molar-refractivity contribution in [2.24, 2.45) is 11.7 Å². The Morgan fingerprint density at radius 3 is 2.63 bits per heavy atom. The number of halogens is 2. The molecule has 0 radical (unpaired) electrons. The van der Waals surface area contributed by atoms with Gasteiger partial charge in [0.15, 0.2) is 9.84 Å². The number of hydrogen-bond acceptors (Lipinski definition) is 3. The normalized spacial score (nSPS) is 23.4. The van der Waals surface area contributed by atoms with Crippen LogP contribution in [0.1, 0.15) is 18.4 Å². The summed E-state index contributed by atoms with van der Waals surface area (Å²) in [5.74, 6) is 0.780. The van der Waals surface area contributed by atoms with E-state index in [4.69, 9.17) is 28.9 Å². The van der Waals surface area contributed by atoms with E-state index in [0.717, 1.165) is 18.4 Å². The molecule has 3 nitrogen and oxygen atoms in total. The molecule has 1 aromatic carbocycles. The monoisotopic (exact) mass is 321 g/mol. The summed E-state index contributed by atoms with van der Waals surface area (Å²) in [5.41, 5.74) is 7.12. The van der Waals surface area contributed by atoms with Gasteiger partial charge in [-0.1, -0.05) is 29.3 Å². The predicted molar refractivity (Wildman–Crippen MR) is 79.5 cm³/mol. The van der Waals surface area contributed by atoms with Crippen LogP contribution in [0.5, 0.6) is 0 Å². The van der Waals surface area contributed by atoms with E-state index in [0.29, 0.717) is 22.2 Å². The molecule has 106 valence electrons. The van der Waals surface area contributed by atoms with Gasteiger partial charge in [-0.25, -0.2) is 8.42 Å². The van der Waals surface area contributed by atoms with Gasteiger partial charge >= 0.3 is 0 Å². The van der Waals surface area contributed by atoms with E-state index in [-0.39, 0.29) is 17.7 Å². The van der Waals surface area contributed by atoms with Crippen LogP contribution in [-0.4, -0.2) is 26.0 Å². The Kier molecular flexibility index (Phi) is 4.77. The highest BCUT2D eigenvalue weighted by Gasteiger charge is 2.28. The van der Waals surface area contributed by atoms with E-state index in [1.54, 1.807) is 6.07 Å². The van der Waals surface area contributed by atoms with Gasteiger partial charge in [0.25, 0.3) is 0 Å².